The van der Waals surface area contributed by atoms with E-state index in [1.807, 2.05) is 66.3 Å². The molecule has 0 radical (unpaired) electrons. The van der Waals surface area contributed by atoms with Crippen LogP contribution in [0.1, 0.15) is 16.0 Å². The van der Waals surface area contributed by atoms with Crippen molar-refractivity contribution in [1.82, 2.24) is 25.2 Å². The number of thioether (sulfide) groups is 1. The lowest BCUT2D eigenvalue weighted by Gasteiger charge is -2.10. The number of benzene rings is 1. The highest BCUT2D eigenvalue weighted by Crippen LogP contribution is 2.27. The first-order chi connectivity index (χ1) is 15.1. The molecule has 4 rings (SSSR count). The number of hydrogen-bond donors (Lipinski definition) is 1. The maximum absolute atomic E-state index is 12.3. The van der Waals surface area contributed by atoms with Gasteiger partial charge in [0.05, 0.1) is 12.0 Å². The molecule has 1 aromatic carbocycles. The normalized spacial score (nSPS) is 11.2. The van der Waals surface area contributed by atoms with Gasteiger partial charge in [-0.1, -0.05) is 29.5 Å². The van der Waals surface area contributed by atoms with Gasteiger partial charge in [-0.25, -0.2) is 5.43 Å². The zero-order chi connectivity index (χ0) is 21.6. The van der Waals surface area contributed by atoms with Crippen LogP contribution in [0.15, 0.2) is 70.5 Å². The van der Waals surface area contributed by atoms with E-state index in [0.717, 1.165) is 27.3 Å². The average molecular weight is 449 g/mol. The van der Waals surface area contributed by atoms with E-state index in [-0.39, 0.29) is 11.7 Å². The van der Waals surface area contributed by atoms with Crippen LogP contribution >= 0.6 is 23.1 Å². The van der Waals surface area contributed by atoms with Crippen LogP contribution in [0, 0.1) is 13.8 Å². The molecule has 0 saturated heterocycles. The van der Waals surface area contributed by atoms with Crippen molar-refractivity contribution in [3.05, 3.63) is 76.2 Å². The van der Waals surface area contributed by atoms with Gasteiger partial charge in [0.1, 0.15) is 0 Å². The van der Waals surface area contributed by atoms with E-state index >= 15 is 0 Å². The molecule has 3 heterocycles. The third-order valence-electron chi connectivity index (χ3n) is 4.47. The standard InChI is InChI=1S/C22H20N6OS2/c1-15-3-5-18(6-4-15)28-21(17-7-10-23-11-8-17)26-27-22(28)31-14-20(29)25-24-13-19-16(2)9-12-30-19/h3-13H,14H2,1-2H3,(H,25,29)/b24-13+. The Kier molecular flexibility index (Phi) is 6.54. The lowest BCUT2D eigenvalue weighted by atomic mass is 10.2. The van der Waals surface area contributed by atoms with Crippen LogP contribution in [0.4, 0.5) is 0 Å². The zero-order valence-corrected chi connectivity index (χ0v) is 18.7. The van der Waals surface area contributed by atoms with Crippen LogP contribution in [0.5, 0.6) is 0 Å². The van der Waals surface area contributed by atoms with Crippen molar-refractivity contribution >= 4 is 35.2 Å². The van der Waals surface area contributed by atoms with Gasteiger partial charge < -0.3 is 0 Å². The maximum Gasteiger partial charge on any atom is 0.250 e. The van der Waals surface area contributed by atoms with Gasteiger partial charge >= 0.3 is 0 Å². The van der Waals surface area contributed by atoms with Gasteiger partial charge in [-0.15, -0.1) is 21.5 Å². The van der Waals surface area contributed by atoms with Crippen LogP contribution in [-0.4, -0.2) is 37.6 Å². The molecule has 156 valence electrons. The molecular formula is C22H20N6OS2. The Morgan fingerprint density at radius 1 is 1.13 bits per heavy atom. The van der Waals surface area contributed by atoms with Crippen molar-refractivity contribution in [1.29, 1.82) is 0 Å². The first kappa shape index (κ1) is 21.0. The summed E-state index contributed by atoms with van der Waals surface area (Å²) in [7, 11) is 0. The molecule has 3 aromatic heterocycles. The number of carbonyl (C=O) groups excluding carboxylic acids is 1. The summed E-state index contributed by atoms with van der Waals surface area (Å²) in [5, 5.41) is 15.4. The lowest BCUT2D eigenvalue weighted by Crippen LogP contribution is -2.20. The minimum atomic E-state index is -0.209. The van der Waals surface area contributed by atoms with Crippen LogP contribution in [0.2, 0.25) is 0 Å². The molecule has 0 unspecified atom stereocenters. The molecule has 1 N–H and O–H groups in total. The quantitative estimate of drug-likeness (QED) is 0.260. The first-order valence-electron chi connectivity index (χ1n) is 9.53. The summed E-state index contributed by atoms with van der Waals surface area (Å²) in [6, 6.07) is 13.9. The van der Waals surface area contributed by atoms with E-state index in [4.69, 9.17) is 0 Å². The van der Waals surface area contributed by atoms with Crippen LogP contribution in [0.3, 0.4) is 0 Å². The highest BCUT2D eigenvalue weighted by Gasteiger charge is 2.17. The van der Waals surface area contributed by atoms with Crippen LogP contribution in [0.25, 0.3) is 17.1 Å². The number of nitrogens with zero attached hydrogens (tertiary/aromatic N) is 5. The van der Waals surface area contributed by atoms with E-state index in [9.17, 15) is 4.79 Å². The number of thiophene rings is 1. The molecule has 0 spiro atoms. The van der Waals surface area contributed by atoms with E-state index in [0.29, 0.717) is 11.0 Å². The molecule has 0 saturated carbocycles. The number of carbonyl (C=O) groups is 1. The van der Waals surface area contributed by atoms with Crippen molar-refractivity contribution in [2.45, 2.75) is 19.0 Å². The Balaban J connectivity index is 1.52. The Morgan fingerprint density at radius 3 is 2.61 bits per heavy atom. The minimum Gasteiger partial charge on any atom is -0.272 e. The number of aromatic nitrogens is 4. The number of aryl methyl sites for hydroxylation is 2. The van der Waals surface area contributed by atoms with E-state index in [2.05, 4.69) is 25.7 Å². The summed E-state index contributed by atoms with van der Waals surface area (Å²) in [6.45, 7) is 4.05. The van der Waals surface area contributed by atoms with Gasteiger partial charge in [-0.05, 0) is 55.1 Å². The Hall–Kier alpha value is -3.30. The summed E-state index contributed by atoms with van der Waals surface area (Å²) < 4.78 is 1.95. The van der Waals surface area contributed by atoms with Gasteiger partial charge in [0.25, 0.3) is 5.91 Å². The Bertz CT molecular complexity index is 1200. The summed E-state index contributed by atoms with van der Waals surface area (Å²) in [6.07, 6.45) is 5.10. The van der Waals surface area contributed by atoms with Crippen molar-refractivity contribution < 1.29 is 4.79 Å². The van der Waals surface area contributed by atoms with Gasteiger partial charge in [0.15, 0.2) is 11.0 Å². The SMILES string of the molecule is Cc1ccc(-n2c(SCC(=O)N/N=C/c3sccc3C)nnc2-c2ccncc2)cc1. The zero-order valence-electron chi connectivity index (χ0n) is 17.0. The number of amides is 1. The minimum absolute atomic E-state index is 0.168. The Morgan fingerprint density at radius 2 is 1.90 bits per heavy atom. The van der Waals surface area contributed by atoms with Gasteiger partial charge in [-0.2, -0.15) is 5.10 Å². The maximum atomic E-state index is 12.3. The highest BCUT2D eigenvalue weighted by atomic mass is 32.2. The van der Waals surface area contributed by atoms with Gasteiger partial charge in [0, 0.05) is 28.5 Å². The molecule has 0 bridgehead atoms. The fourth-order valence-corrected chi connectivity index (χ4v) is 4.35. The van der Waals surface area contributed by atoms with E-state index in [1.54, 1.807) is 29.9 Å². The topological polar surface area (TPSA) is 85.1 Å². The second-order valence-corrected chi connectivity index (χ2v) is 8.65. The molecule has 0 aliphatic carbocycles. The molecular weight excluding hydrogens is 428 g/mol. The lowest BCUT2D eigenvalue weighted by molar-refractivity contribution is -0.118. The highest BCUT2D eigenvalue weighted by molar-refractivity contribution is 7.99. The van der Waals surface area contributed by atoms with Crippen LogP contribution < -0.4 is 5.43 Å². The first-order valence-corrected chi connectivity index (χ1v) is 11.4. The van der Waals surface area contributed by atoms with Gasteiger partial charge in [-0.3, -0.25) is 14.3 Å². The number of nitrogens with one attached hydrogen (secondary N) is 1. The summed E-state index contributed by atoms with van der Waals surface area (Å²) in [5.74, 6) is 0.654. The number of pyridine rings is 1. The molecule has 4 aromatic rings. The average Bonchev–Trinajstić information content (AvgIpc) is 3.40. The molecule has 0 atom stereocenters. The molecule has 0 aliphatic rings. The third-order valence-corrected chi connectivity index (χ3v) is 6.35. The fraction of sp³-hybridized carbons (Fsp3) is 0.136. The second kappa shape index (κ2) is 9.67. The monoisotopic (exact) mass is 448 g/mol. The smallest absolute Gasteiger partial charge is 0.250 e. The molecule has 0 aliphatic heterocycles. The Labute approximate surface area is 188 Å². The van der Waals surface area contributed by atoms with Crippen molar-refractivity contribution in [3.8, 4) is 17.1 Å². The molecule has 31 heavy (non-hydrogen) atoms. The van der Waals surface area contributed by atoms with Gasteiger partial charge in [0.2, 0.25) is 0 Å². The van der Waals surface area contributed by atoms with Crippen molar-refractivity contribution in [3.63, 3.8) is 0 Å². The largest absolute Gasteiger partial charge is 0.272 e. The summed E-state index contributed by atoms with van der Waals surface area (Å²) in [4.78, 5) is 17.4. The predicted octanol–water partition coefficient (Wildman–Crippen LogP) is 4.25. The third kappa shape index (κ3) is 5.07. The number of rotatable bonds is 7. The number of hydrogen-bond acceptors (Lipinski definition) is 7. The predicted molar refractivity (Wildman–Crippen MR) is 125 cm³/mol. The molecule has 1 amide bonds. The second-order valence-electron chi connectivity index (χ2n) is 6.76. The van der Waals surface area contributed by atoms with E-state index < -0.39 is 0 Å². The molecule has 0 fully saturated rings. The van der Waals surface area contributed by atoms with Crippen molar-refractivity contribution in [2.75, 3.05) is 5.75 Å². The summed E-state index contributed by atoms with van der Waals surface area (Å²) in [5.41, 5.74) is 6.69. The molecule has 9 heteroatoms. The van der Waals surface area contributed by atoms with Crippen LogP contribution in [-0.2, 0) is 4.79 Å². The fourth-order valence-electron chi connectivity index (χ4n) is 2.82. The molecule has 7 nitrogen and oxygen atoms in total. The van der Waals surface area contributed by atoms with Crippen molar-refractivity contribution in [2.24, 2.45) is 5.10 Å². The number of hydrazone groups is 1. The summed E-state index contributed by atoms with van der Waals surface area (Å²) >= 11 is 2.89. The van der Waals surface area contributed by atoms with E-state index in [1.165, 1.54) is 11.8 Å².